The van der Waals surface area contributed by atoms with E-state index in [9.17, 15) is 13.6 Å². The van der Waals surface area contributed by atoms with Gasteiger partial charge in [-0.2, -0.15) is 0 Å². The number of carbonyl (C=O) groups excluding carboxylic acids is 1. The van der Waals surface area contributed by atoms with Gasteiger partial charge in [-0.15, -0.1) is 0 Å². The molecule has 0 unspecified atom stereocenters. The first-order chi connectivity index (χ1) is 14.9. The van der Waals surface area contributed by atoms with Crippen LogP contribution in [-0.2, 0) is 0 Å². The third-order valence-electron chi connectivity index (χ3n) is 4.82. The lowest BCUT2D eigenvalue weighted by molar-refractivity contribution is 0.262. The number of ether oxygens (including phenoxy) is 1. The van der Waals surface area contributed by atoms with E-state index in [0.29, 0.717) is 39.3 Å². The van der Waals surface area contributed by atoms with Crippen LogP contribution in [0, 0.1) is 18.6 Å². The number of nitrogens with zero attached hydrogens (tertiary/aromatic N) is 1. The van der Waals surface area contributed by atoms with Gasteiger partial charge in [0.05, 0.1) is 18.3 Å². The minimum absolute atomic E-state index is 0.320. The van der Waals surface area contributed by atoms with Crippen molar-refractivity contribution < 1.29 is 18.3 Å². The molecule has 156 valence electrons. The van der Waals surface area contributed by atoms with E-state index in [0.717, 1.165) is 5.56 Å². The van der Waals surface area contributed by atoms with Gasteiger partial charge in [-0.1, -0.05) is 6.07 Å². The third kappa shape index (κ3) is 4.45. The number of benzene rings is 3. The van der Waals surface area contributed by atoms with Crippen molar-refractivity contribution in [3.8, 4) is 17.0 Å². The van der Waals surface area contributed by atoms with E-state index < -0.39 is 11.8 Å². The molecule has 0 bridgehead atoms. The number of fused-ring (bicyclic) bond motifs is 1. The van der Waals surface area contributed by atoms with Crippen molar-refractivity contribution in [3.05, 3.63) is 83.9 Å². The van der Waals surface area contributed by atoms with Gasteiger partial charge in [0.15, 0.2) is 0 Å². The molecule has 0 aliphatic rings. The van der Waals surface area contributed by atoms with Gasteiger partial charge in [0.2, 0.25) is 0 Å². The van der Waals surface area contributed by atoms with Crippen molar-refractivity contribution in [1.29, 1.82) is 0 Å². The minimum Gasteiger partial charge on any atom is -0.496 e. The Morgan fingerprint density at radius 3 is 2.26 bits per heavy atom. The minimum atomic E-state index is -0.502. The second kappa shape index (κ2) is 8.39. The molecule has 0 fully saturated rings. The summed E-state index contributed by atoms with van der Waals surface area (Å²) in [5, 5.41) is 6.03. The van der Waals surface area contributed by atoms with Gasteiger partial charge in [0.25, 0.3) is 0 Å². The van der Waals surface area contributed by atoms with Crippen LogP contribution in [0.1, 0.15) is 5.56 Å². The Labute approximate surface area is 177 Å². The summed E-state index contributed by atoms with van der Waals surface area (Å²) < 4.78 is 32.4. The fourth-order valence-corrected chi connectivity index (χ4v) is 3.17. The number of hydrogen-bond acceptors (Lipinski definition) is 3. The maximum atomic E-state index is 13.7. The Balaban J connectivity index is 1.59. The molecule has 7 heteroatoms. The van der Waals surface area contributed by atoms with Crippen molar-refractivity contribution in [2.75, 3.05) is 17.7 Å². The first-order valence-corrected chi connectivity index (χ1v) is 9.52. The number of halogens is 2. The first-order valence-electron chi connectivity index (χ1n) is 9.52. The normalized spacial score (nSPS) is 10.7. The molecule has 0 aliphatic heterocycles. The number of aryl methyl sites for hydroxylation is 1. The van der Waals surface area contributed by atoms with Crippen LogP contribution in [0.5, 0.6) is 5.75 Å². The van der Waals surface area contributed by atoms with Gasteiger partial charge < -0.3 is 15.4 Å². The molecule has 5 nitrogen and oxygen atoms in total. The topological polar surface area (TPSA) is 63.2 Å². The van der Waals surface area contributed by atoms with Crippen LogP contribution in [0.4, 0.5) is 25.0 Å². The van der Waals surface area contributed by atoms with Crippen molar-refractivity contribution in [2.45, 2.75) is 6.92 Å². The molecule has 2 amide bonds. The maximum Gasteiger partial charge on any atom is 0.323 e. The fourth-order valence-electron chi connectivity index (χ4n) is 3.17. The number of hydrogen-bond donors (Lipinski definition) is 2. The number of carbonyl (C=O) groups is 1. The molecule has 0 saturated heterocycles. The van der Waals surface area contributed by atoms with E-state index in [4.69, 9.17) is 4.74 Å². The van der Waals surface area contributed by atoms with E-state index in [-0.39, 0.29) is 5.82 Å². The Hall–Kier alpha value is -4.00. The standard InChI is InChI=1S/C24H19F2N3O2/c1-14-3-8-18(12-20(14)26)28-24(30)27-17-9-10-21-19(11-17)23(31-2)13-22(29-21)15-4-6-16(25)7-5-15/h3-13H,1-2H3,(H2,27,28,30). The highest BCUT2D eigenvalue weighted by molar-refractivity contribution is 6.01. The molecule has 0 atom stereocenters. The van der Waals surface area contributed by atoms with Gasteiger partial charge in [0.1, 0.15) is 17.4 Å². The number of methoxy groups -OCH3 is 1. The van der Waals surface area contributed by atoms with Gasteiger partial charge in [-0.3, -0.25) is 0 Å². The lowest BCUT2D eigenvalue weighted by Gasteiger charge is -2.12. The molecule has 0 aliphatic carbocycles. The van der Waals surface area contributed by atoms with Gasteiger partial charge in [-0.25, -0.2) is 18.6 Å². The van der Waals surface area contributed by atoms with E-state index in [1.54, 1.807) is 62.6 Å². The molecule has 1 aromatic heterocycles. The Kier molecular flexibility index (Phi) is 5.49. The summed E-state index contributed by atoms with van der Waals surface area (Å²) in [5.74, 6) is -0.149. The average molecular weight is 419 g/mol. The predicted octanol–water partition coefficient (Wildman–Crippen LogP) is 6.14. The summed E-state index contributed by atoms with van der Waals surface area (Å²) in [6.07, 6.45) is 0. The molecule has 31 heavy (non-hydrogen) atoms. The van der Waals surface area contributed by atoms with Gasteiger partial charge >= 0.3 is 6.03 Å². The highest BCUT2D eigenvalue weighted by atomic mass is 19.1. The SMILES string of the molecule is COc1cc(-c2ccc(F)cc2)nc2ccc(NC(=O)Nc3ccc(C)c(F)c3)cc12. The lowest BCUT2D eigenvalue weighted by Crippen LogP contribution is -2.19. The molecular formula is C24H19F2N3O2. The molecule has 2 N–H and O–H groups in total. The summed E-state index contributed by atoms with van der Waals surface area (Å²) >= 11 is 0. The van der Waals surface area contributed by atoms with E-state index in [2.05, 4.69) is 15.6 Å². The van der Waals surface area contributed by atoms with Crippen LogP contribution in [0.3, 0.4) is 0 Å². The fraction of sp³-hybridized carbons (Fsp3) is 0.0833. The Bertz CT molecular complexity index is 1270. The molecule has 0 spiro atoms. The molecule has 3 aromatic carbocycles. The quantitative estimate of drug-likeness (QED) is 0.418. The average Bonchev–Trinajstić information content (AvgIpc) is 2.76. The number of pyridine rings is 1. The van der Waals surface area contributed by atoms with Crippen LogP contribution in [-0.4, -0.2) is 18.1 Å². The number of rotatable bonds is 4. The van der Waals surface area contributed by atoms with Crippen molar-refractivity contribution in [1.82, 2.24) is 4.98 Å². The van der Waals surface area contributed by atoms with Crippen molar-refractivity contribution in [2.24, 2.45) is 0 Å². The second-order valence-corrected chi connectivity index (χ2v) is 6.99. The van der Waals surface area contributed by atoms with Crippen LogP contribution in [0.2, 0.25) is 0 Å². The first kappa shape index (κ1) is 20.3. The molecule has 4 aromatic rings. The van der Waals surface area contributed by atoms with Crippen LogP contribution in [0.25, 0.3) is 22.2 Å². The largest absolute Gasteiger partial charge is 0.496 e. The van der Waals surface area contributed by atoms with Crippen molar-refractivity contribution >= 4 is 28.3 Å². The number of aromatic nitrogens is 1. The molecule has 0 saturated carbocycles. The molecule has 0 radical (unpaired) electrons. The van der Waals surface area contributed by atoms with E-state index in [1.165, 1.54) is 18.2 Å². The van der Waals surface area contributed by atoms with Gasteiger partial charge in [-0.05, 0) is 67.1 Å². The lowest BCUT2D eigenvalue weighted by atomic mass is 10.1. The summed E-state index contributed by atoms with van der Waals surface area (Å²) in [7, 11) is 1.54. The van der Waals surface area contributed by atoms with E-state index >= 15 is 0 Å². The van der Waals surface area contributed by atoms with Crippen LogP contribution >= 0.6 is 0 Å². The van der Waals surface area contributed by atoms with Gasteiger partial charge in [0, 0.05) is 28.4 Å². The zero-order chi connectivity index (χ0) is 22.0. The highest BCUT2D eigenvalue weighted by Crippen LogP contribution is 2.32. The zero-order valence-corrected chi connectivity index (χ0v) is 16.9. The van der Waals surface area contributed by atoms with Crippen LogP contribution in [0.15, 0.2) is 66.7 Å². The molecule has 1 heterocycles. The summed E-state index contributed by atoms with van der Waals surface area (Å²) in [5.41, 5.74) is 3.43. The Morgan fingerprint density at radius 1 is 0.903 bits per heavy atom. The second-order valence-electron chi connectivity index (χ2n) is 6.99. The smallest absolute Gasteiger partial charge is 0.323 e. The maximum absolute atomic E-state index is 13.7. The molecule has 4 rings (SSSR count). The summed E-state index contributed by atoms with van der Waals surface area (Å²) in [6, 6.07) is 17.0. The zero-order valence-electron chi connectivity index (χ0n) is 16.9. The Morgan fingerprint density at radius 2 is 1.58 bits per heavy atom. The molecular weight excluding hydrogens is 400 g/mol. The summed E-state index contributed by atoms with van der Waals surface area (Å²) in [4.78, 5) is 16.9. The van der Waals surface area contributed by atoms with E-state index in [1.807, 2.05) is 0 Å². The monoisotopic (exact) mass is 419 g/mol. The number of amides is 2. The predicted molar refractivity (Wildman–Crippen MR) is 117 cm³/mol. The van der Waals surface area contributed by atoms with Crippen molar-refractivity contribution in [3.63, 3.8) is 0 Å². The van der Waals surface area contributed by atoms with Crippen LogP contribution < -0.4 is 15.4 Å². The summed E-state index contributed by atoms with van der Waals surface area (Å²) in [6.45, 7) is 1.65. The number of urea groups is 1. The number of nitrogens with one attached hydrogen (secondary N) is 2. The highest BCUT2D eigenvalue weighted by Gasteiger charge is 2.11. The number of anilines is 2. The third-order valence-corrected chi connectivity index (χ3v) is 4.82.